The van der Waals surface area contributed by atoms with Gasteiger partial charge in [0.2, 0.25) is 0 Å². The third kappa shape index (κ3) is 3.09. The van der Waals surface area contributed by atoms with Crippen molar-refractivity contribution < 1.29 is 4.74 Å². The van der Waals surface area contributed by atoms with Crippen LogP contribution in [-0.4, -0.2) is 44.8 Å². The molecule has 0 unspecified atom stereocenters. The van der Waals surface area contributed by atoms with Gasteiger partial charge in [0.25, 0.3) is 0 Å². The molecule has 0 spiro atoms. The van der Waals surface area contributed by atoms with Crippen LogP contribution in [0.5, 0.6) is 0 Å². The summed E-state index contributed by atoms with van der Waals surface area (Å²) in [6.07, 6.45) is 2.61. The van der Waals surface area contributed by atoms with Gasteiger partial charge in [-0.15, -0.1) is 0 Å². The molecule has 1 aliphatic rings. The summed E-state index contributed by atoms with van der Waals surface area (Å²) in [7, 11) is 1.78. The number of nitrogens with zero attached hydrogens (tertiary/aromatic N) is 1. The van der Waals surface area contributed by atoms with E-state index in [1.807, 2.05) is 0 Å². The molecule has 0 aromatic carbocycles. The van der Waals surface area contributed by atoms with Gasteiger partial charge in [0.05, 0.1) is 6.61 Å². The highest BCUT2D eigenvalue weighted by Crippen LogP contribution is 2.15. The van der Waals surface area contributed by atoms with Crippen molar-refractivity contribution in [1.82, 2.24) is 4.90 Å². The predicted octanol–water partition coefficient (Wildman–Crippen LogP) is 0.304. The van der Waals surface area contributed by atoms with Gasteiger partial charge in [0.1, 0.15) is 0 Å². The lowest BCUT2D eigenvalue weighted by molar-refractivity contribution is 0.0921. The fourth-order valence-corrected chi connectivity index (χ4v) is 1.91. The van der Waals surface area contributed by atoms with Crippen LogP contribution in [0, 0.1) is 5.92 Å². The number of methoxy groups -OCH3 is 1. The topological polar surface area (TPSA) is 38.5 Å². The average molecular weight is 172 g/mol. The van der Waals surface area contributed by atoms with Crippen LogP contribution in [0.3, 0.4) is 0 Å². The summed E-state index contributed by atoms with van der Waals surface area (Å²) in [6, 6.07) is 0. The largest absolute Gasteiger partial charge is 0.384 e. The van der Waals surface area contributed by atoms with Crippen molar-refractivity contribution in [1.29, 1.82) is 0 Å². The first-order valence-corrected chi connectivity index (χ1v) is 4.78. The first-order valence-electron chi connectivity index (χ1n) is 4.78. The second-order valence-electron chi connectivity index (χ2n) is 3.55. The van der Waals surface area contributed by atoms with E-state index >= 15 is 0 Å². The number of nitrogens with two attached hydrogens (primary N) is 1. The van der Waals surface area contributed by atoms with E-state index in [1.165, 1.54) is 25.9 Å². The zero-order valence-corrected chi connectivity index (χ0v) is 7.96. The second-order valence-corrected chi connectivity index (χ2v) is 3.55. The lowest BCUT2D eigenvalue weighted by Crippen LogP contribution is -2.39. The van der Waals surface area contributed by atoms with Crippen molar-refractivity contribution in [3.63, 3.8) is 0 Å². The van der Waals surface area contributed by atoms with Crippen molar-refractivity contribution in [3.8, 4) is 0 Å². The highest BCUT2D eigenvalue weighted by molar-refractivity contribution is 4.72. The number of likely N-dealkylation sites (tertiary alicyclic amines) is 1. The number of piperidine rings is 1. The minimum Gasteiger partial charge on any atom is -0.384 e. The quantitative estimate of drug-likeness (QED) is 0.663. The Balaban J connectivity index is 2.20. The van der Waals surface area contributed by atoms with Crippen LogP contribution < -0.4 is 5.73 Å². The Bertz CT molecular complexity index is 103. The number of hydrogen-bond acceptors (Lipinski definition) is 3. The van der Waals surface area contributed by atoms with E-state index in [1.54, 1.807) is 7.11 Å². The minimum absolute atomic E-state index is 0.732. The van der Waals surface area contributed by atoms with Crippen LogP contribution in [0.25, 0.3) is 0 Å². The van der Waals surface area contributed by atoms with Crippen LogP contribution >= 0.6 is 0 Å². The van der Waals surface area contributed by atoms with Gasteiger partial charge in [-0.3, -0.25) is 0 Å². The van der Waals surface area contributed by atoms with E-state index in [9.17, 15) is 0 Å². The van der Waals surface area contributed by atoms with Crippen LogP contribution in [0.4, 0.5) is 0 Å². The van der Waals surface area contributed by atoms with Crippen LogP contribution in [0.2, 0.25) is 0 Å². The summed E-state index contributed by atoms with van der Waals surface area (Å²) in [5, 5.41) is 0. The van der Waals surface area contributed by atoms with Crippen molar-refractivity contribution in [2.45, 2.75) is 12.8 Å². The first kappa shape index (κ1) is 9.96. The average Bonchev–Trinajstić information content (AvgIpc) is 2.06. The molecule has 0 aliphatic carbocycles. The first-order chi connectivity index (χ1) is 5.86. The number of hydrogen-bond donors (Lipinski definition) is 1. The molecule has 1 rings (SSSR count). The molecule has 1 atom stereocenters. The molecule has 12 heavy (non-hydrogen) atoms. The Kier molecular flexibility index (Phi) is 4.58. The van der Waals surface area contributed by atoms with E-state index in [0.717, 1.165) is 25.6 Å². The Labute approximate surface area is 74.9 Å². The molecule has 3 heteroatoms. The summed E-state index contributed by atoms with van der Waals surface area (Å²) >= 11 is 0. The minimum atomic E-state index is 0.732. The maximum Gasteiger partial charge on any atom is 0.0502 e. The molecule has 3 nitrogen and oxygen atoms in total. The third-order valence-corrected chi connectivity index (χ3v) is 2.45. The van der Waals surface area contributed by atoms with E-state index in [4.69, 9.17) is 10.5 Å². The Morgan fingerprint density at radius 2 is 2.42 bits per heavy atom. The molecule has 72 valence electrons. The Hall–Kier alpha value is -0.120. The van der Waals surface area contributed by atoms with Gasteiger partial charge in [-0.1, -0.05) is 0 Å². The zero-order chi connectivity index (χ0) is 8.81. The molecule has 0 bridgehead atoms. The SMILES string of the molecule is COC[C@H]1CCCN(CCN)C1. The summed E-state index contributed by atoms with van der Waals surface area (Å²) in [5.74, 6) is 0.732. The maximum absolute atomic E-state index is 5.51. The summed E-state index contributed by atoms with van der Waals surface area (Å²) in [5.41, 5.74) is 5.51. The van der Waals surface area contributed by atoms with Crippen molar-refractivity contribution in [2.75, 3.05) is 39.9 Å². The molecule has 0 amide bonds. The monoisotopic (exact) mass is 172 g/mol. The van der Waals surface area contributed by atoms with Gasteiger partial charge in [0.15, 0.2) is 0 Å². The number of rotatable bonds is 4. The Morgan fingerprint density at radius 1 is 1.58 bits per heavy atom. The van der Waals surface area contributed by atoms with Crippen LogP contribution in [0.1, 0.15) is 12.8 Å². The molecule has 1 saturated heterocycles. The highest BCUT2D eigenvalue weighted by Gasteiger charge is 2.18. The van der Waals surface area contributed by atoms with Crippen molar-refractivity contribution in [2.24, 2.45) is 11.7 Å². The lowest BCUT2D eigenvalue weighted by atomic mass is 9.99. The molecule has 1 aliphatic heterocycles. The normalized spacial score (nSPS) is 26.0. The standard InChI is InChI=1S/C9H20N2O/c1-12-8-9-3-2-5-11(7-9)6-4-10/h9H,2-8,10H2,1H3/t9-/m0/s1. The van der Waals surface area contributed by atoms with Crippen molar-refractivity contribution >= 4 is 0 Å². The van der Waals surface area contributed by atoms with Crippen LogP contribution in [0.15, 0.2) is 0 Å². The smallest absolute Gasteiger partial charge is 0.0502 e. The fourth-order valence-electron chi connectivity index (χ4n) is 1.91. The van der Waals surface area contributed by atoms with E-state index < -0.39 is 0 Å². The van der Waals surface area contributed by atoms with E-state index in [2.05, 4.69) is 4.90 Å². The van der Waals surface area contributed by atoms with E-state index in [-0.39, 0.29) is 0 Å². The molecule has 0 saturated carbocycles. The Morgan fingerprint density at radius 3 is 3.08 bits per heavy atom. The molecule has 0 radical (unpaired) electrons. The fraction of sp³-hybridized carbons (Fsp3) is 1.00. The van der Waals surface area contributed by atoms with Gasteiger partial charge in [-0.05, 0) is 25.3 Å². The molecule has 1 fully saturated rings. The molecule has 0 aromatic heterocycles. The van der Waals surface area contributed by atoms with Gasteiger partial charge >= 0.3 is 0 Å². The predicted molar refractivity (Wildman–Crippen MR) is 50.1 cm³/mol. The van der Waals surface area contributed by atoms with E-state index in [0.29, 0.717) is 0 Å². The third-order valence-electron chi connectivity index (χ3n) is 2.45. The van der Waals surface area contributed by atoms with Crippen LogP contribution in [-0.2, 0) is 4.74 Å². The summed E-state index contributed by atoms with van der Waals surface area (Å²) in [4.78, 5) is 2.44. The second kappa shape index (κ2) is 5.51. The molecular formula is C9H20N2O. The van der Waals surface area contributed by atoms with Gasteiger partial charge in [0, 0.05) is 26.7 Å². The molecule has 2 N–H and O–H groups in total. The van der Waals surface area contributed by atoms with Crippen molar-refractivity contribution in [3.05, 3.63) is 0 Å². The molecular weight excluding hydrogens is 152 g/mol. The van der Waals surface area contributed by atoms with Gasteiger partial charge < -0.3 is 15.4 Å². The zero-order valence-electron chi connectivity index (χ0n) is 7.96. The summed E-state index contributed by atoms with van der Waals surface area (Å²) < 4.78 is 5.15. The number of ether oxygens (including phenoxy) is 1. The van der Waals surface area contributed by atoms with Gasteiger partial charge in [-0.2, -0.15) is 0 Å². The maximum atomic E-state index is 5.51. The van der Waals surface area contributed by atoms with Gasteiger partial charge in [-0.25, -0.2) is 0 Å². The summed E-state index contributed by atoms with van der Waals surface area (Å²) in [6.45, 7) is 5.11. The molecule has 1 heterocycles. The molecule has 0 aromatic rings. The highest BCUT2D eigenvalue weighted by atomic mass is 16.5. The lowest BCUT2D eigenvalue weighted by Gasteiger charge is -2.31.